The zero-order valence-corrected chi connectivity index (χ0v) is 10.2. The van der Waals surface area contributed by atoms with Crippen molar-refractivity contribution >= 4 is 11.7 Å². The van der Waals surface area contributed by atoms with Gasteiger partial charge in [-0.1, -0.05) is 5.16 Å². The van der Waals surface area contributed by atoms with E-state index in [0.717, 1.165) is 31.6 Å². The summed E-state index contributed by atoms with van der Waals surface area (Å²) >= 11 is 0. The third-order valence-electron chi connectivity index (χ3n) is 3.28. The minimum absolute atomic E-state index is 0.0659. The van der Waals surface area contributed by atoms with Crippen LogP contribution in [0.25, 0.3) is 0 Å². The van der Waals surface area contributed by atoms with Gasteiger partial charge in [0.2, 0.25) is 0 Å². The topological polar surface area (TPSA) is 95.0 Å². The first kappa shape index (κ1) is 12.6. The van der Waals surface area contributed by atoms with Crippen LogP contribution in [0.5, 0.6) is 0 Å². The number of amidine groups is 1. The van der Waals surface area contributed by atoms with E-state index in [4.69, 9.17) is 10.9 Å². The molecule has 1 aromatic heterocycles. The molecule has 0 amide bonds. The molecular formula is C12H18N4O2. The highest BCUT2D eigenvalue weighted by Crippen LogP contribution is 2.23. The number of aromatic nitrogens is 1. The lowest BCUT2D eigenvalue weighted by molar-refractivity contribution is 0.239. The summed E-state index contributed by atoms with van der Waals surface area (Å²) < 4.78 is 0. The number of oxime groups is 1. The van der Waals surface area contributed by atoms with Crippen LogP contribution in [0, 0.1) is 0 Å². The van der Waals surface area contributed by atoms with Gasteiger partial charge in [0.1, 0.15) is 5.82 Å². The zero-order valence-electron chi connectivity index (χ0n) is 10.2. The minimum atomic E-state index is 0.0659. The van der Waals surface area contributed by atoms with Gasteiger partial charge in [0.05, 0.1) is 12.6 Å². The first-order valence-electron chi connectivity index (χ1n) is 6.07. The fourth-order valence-electron chi connectivity index (χ4n) is 2.28. The maximum absolute atomic E-state index is 9.39. The van der Waals surface area contributed by atoms with E-state index in [1.807, 2.05) is 0 Å². The molecular weight excluding hydrogens is 232 g/mol. The molecule has 1 fully saturated rings. The van der Waals surface area contributed by atoms with Crippen LogP contribution in [-0.4, -0.2) is 40.3 Å². The van der Waals surface area contributed by atoms with E-state index in [2.05, 4.69) is 15.0 Å². The first-order chi connectivity index (χ1) is 8.76. The summed E-state index contributed by atoms with van der Waals surface area (Å²) in [4.78, 5) is 6.38. The number of rotatable bonds is 3. The molecule has 0 bridgehead atoms. The van der Waals surface area contributed by atoms with E-state index in [1.54, 1.807) is 18.3 Å². The SMILES string of the molecule is N/C(=N/O)c1ccnc(N2CCCCC2CO)c1. The van der Waals surface area contributed by atoms with E-state index in [-0.39, 0.29) is 18.5 Å². The monoisotopic (exact) mass is 250 g/mol. The third-order valence-corrected chi connectivity index (χ3v) is 3.28. The largest absolute Gasteiger partial charge is 0.409 e. The lowest BCUT2D eigenvalue weighted by Gasteiger charge is -2.35. The Bertz CT molecular complexity index is 436. The van der Waals surface area contributed by atoms with Crippen molar-refractivity contribution < 1.29 is 10.3 Å². The highest BCUT2D eigenvalue weighted by molar-refractivity contribution is 5.97. The molecule has 2 heterocycles. The number of nitrogens with two attached hydrogens (primary N) is 1. The van der Waals surface area contributed by atoms with E-state index in [0.29, 0.717) is 5.56 Å². The Kier molecular flexibility index (Phi) is 3.99. The number of aliphatic hydroxyl groups excluding tert-OH is 1. The normalized spacial score (nSPS) is 21.1. The van der Waals surface area contributed by atoms with Gasteiger partial charge >= 0.3 is 0 Å². The van der Waals surface area contributed by atoms with E-state index in [1.165, 1.54) is 0 Å². The van der Waals surface area contributed by atoms with Gasteiger partial charge in [-0.2, -0.15) is 0 Å². The second-order valence-corrected chi connectivity index (χ2v) is 4.41. The summed E-state index contributed by atoms with van der Waals surface area (Å²) in [5, 5.41) is 21.0. The molecule has 4 N–H and O–H groups in total. The van der Waals surface area contributed by atoms with Crippen LogP contribution < -0.4 is 10.6 Å². The van der Waals surface area contributed by atoms with Crippen LogP contribution in [0.2, 0.25) is 0 Å². The number of pyridine rings is 1. The molecule has 1 saturated heterocycles. The molecule has 1 aliphatic heterocycles. The quantitative estimate of drug-likeness (QED) is 0.315. The Morgan fingerprint density at radius 3 is 3.11 bits per heavy atom. The summed E-state index contributed by atoms with van der Waals surface area (Å²) in [7, 11) is 0. The molecule has 1 atom stereocenters. The average Bonchev–Trinajstić information content (AvgIpc) is 2.46. The Hall–Kier alpha value is -1.82. The second-order valence-electron chi connectivity index (χ2n) is 4.41. The van der Waals surface area contributed by atoms with Crippen molar-refractivity contribution in [2.75, 3.05) is 18.1 Å². The van der Waals surface area contributed by atoms with Crippen molar-refractivity contribution in [1.82, 2.24) is 4.98 Å². The van der Waals surface area contributed by atoms with Gasteiger partial charge in [-0.25, -0.2) is 4.98 Å². The van der Waals surface area contributed by atoms with Gasteiger partial charge in [-0.05, 0) is 31.4 Å². The van der Waals surface area contributed by atoms with Crippen LogP contribution >= 0.6 is 0 Å². The maximum atomic E-state index is 9.39. The summed E-state index contributed by atoms with van der Waals surface area (Å²) in [5.74, 6) is 0.828. The first-order valence-corrected chi connectivity index (χ1v) is 6.07. The van der Waals surface area contributed by atoms with E-state index >= 15 is 0 Å². The predicted molar refractivity (Wildman–Crippen MR) is 68.8 cm³/mol. The third kappa shape index (κ3) is 2.53. The van der Waals surface area contributed by atoms with E-state index in [9.17, 15) is 5.11 Å². The molecule has 1 aromatic rings. The van der Waals surface area contributed by atoms with Gasteiger partial charge in [-0.3, -0.25) is 0 Å². The number of aliphatic hydroxyl groups is 1. The second kappa shape index (κ2) is 5.68. The summed E-state index contributed by atoms with van der Waals surface area (Å²) in [6.45, 7) is 0.993. The highest BCUT2D eigenvalue weighted by Gasteiger charge is 2.23. The molecule has 0 saturated carbocycles. The molecule has 6 heteroatoms. The molecule has 18 heavy (non-hydrogen) atoms. The van der Waals surface area contributed by atoms with Crippen molar-refractivity contribution in [2.45, 2.75) is 25.3 Å². The Morgan fingerprint density at radius 1 is 1.56 bits per heavy atom. The van der Waals surface area contributed by atoms with Crippen molar-refractivity contribution in [2.24, 2.45) is 10.9 Å². The Balaban J connectivity index is 2.26. The Morgan fingerprint density at radius 2 is 2.39 bits per heavy atom. The van der Waals surface area contributed by atoms with Crippen LogP contribution in [0.4, 0.5) is 5.82 Å². The fourth-order valence-corrected chi connectivity index (χ4v) is 2.28. The van der Waals surface area contributed by atoms with Crippen LogP contribution in [0.3, 0.4) is 0 Å². The number of nitrogens with zero attached hydrogens (tertiary/aromatic N) is 3. The lowest BCUT2D eigenvalue weighted by atomic mass is 10.0. The summed E-state index contributed by atoms with van der Waals surface area (Å²) in [5.41, 5.74) is 6.19. The molecule has 6 nitrogen and oxygen atoms in total. The molecule has 98 valence electrons. The van der Waals surface area contributed by atoms with Crippen LogP contribution in [0.15, 0.2) is 23.5 Å². The molecule has 2 rings (SSSR count). The van der Waals surface area contributed by atoms with Crippen molar-refractivity contribution in [3.63, 3.8) is 0 Å². The highest BCUT2D eigenvalue weighted by atomic mass is 16.4. The molecule has 0 spiro atoms. The summed E-state index contributed by atoms with van der Waals surface area (Å²) in [6.07, 6.45) is 4.81. The average molecular weight is 250 g/mol. The number of hydrogen-bond donors (Lipinski definition) is 3. The standard InChI is InChI=1S/C12H18N4O2/c13-12(15-18)9-4-5-14-11(7-9)16-6-2-1-3-10(16)8-17/h4-5,7,10,17-18H,1-3,6,8H2,(H2,13,15). The predicted octanol–water partition coefficient (Wildman–Crippen LogP) is 0.527. The van der Waals surface area contributed by atoms with Crippen LogP contribution in [0.1, 0.15) is 24.8 Å². The van der Waals surface area contributed by atoms with Gasteiger partial charge in [0.15, 0.2) is 5.84 Å². The van der Waals surface area contributed by atoms with Crippen LogP contribution in [-0.2, 0) is 0 Å². The molecule has 1 aliphatic rings. The summed E-state index contributed by atoms with van der Waals surface area (Å²) in [6, 6.07) is 3.58. The van der Waals surface area contributed by atoms with Gasteiger partial charge < -0.3 is 20.9 Å². The van der Waals surface area contributed by atoms with Crippen molar-refractivity contribution in [3.8, 4) is 0 Å². The van der Waals surface area contributed by atoms with E-state index < -0.39 is 0 Å². The fraction of sp³-hybridized carbons (Fsp3) is 0.500. The van der Waals surface area contributed by atoms with Crippen molar-refractivity contribution in [3.05, 3.63) is 23.9 Å². The Labute approximate surface area is 106 Å². The minimum Gasteiger partial charge on any atom is -0.409 e. The number of hydrogen-bond acceptors (Lipinski definition) is 5. The molecule has 1 unspecified atom stereocenters. The number of anilines is 1. The maximum Gasteiger partial charge on any atom is 0.170 e. The number of piperidine rings is 1. The van der Waals surface area contributed by atoms with Gasteiger partial charge in [0, 0.05) is 18.3 Å². The smallest absolute Gasteiger partial charge is 0.170 e. The van der Waals surface area contributed by atoms with Gasteiger partial charge in [0.25, 0.3) is 0 Å². The molecule has 0 aromatic carbocycles. The molecule has 0 radical (unpaired) electrons. The van der Waals surface area contributed by atoms with Gasteiger partial charge in [-0.15, -0.1) is 0 Å². The zero-order chi connectivity index (χ0) is 13.0. The van der Waals surface area contributed by atoms with Crippen molar-refractivity contribution in [1.29, 1.82) is 0 Å². The lowest BCUT2D eigenvalue weighted by Crippen LogP contribution is -2.42. The molecule has 0 aliphatic carbocycles.